The molecule has 0 spiro atoms. The number of carbonyl (C=O) groups is 1. The SMILES string of the molecule is CCCCOc1ccc(/C=N\NC(=O)CN(c2cccc(Cl)c2)S(=O)(=O)c2ccc(C)cc2)cc1. The Morgan fingerprint density at radius 1 is 1.09 bits per heavy atom. The minimum absolute atomic E-state index is 0.0700. The largest absolute Gasteiger partial charge is 0.494 e. The fraction of sp³-hybridized carbons (Fsp3) is 0.231. The van der Waals surface area contributed by atoms with Gasteiger partial charge in [0.25, 0.3) is 15.9 Å². The molecule has 0 unspecified atom stereocenters. The van der Waals surface area contributed by atoms with Crippen LogP contribution in [0.2, 0.25) is 5.02 Å². The van der Waals surface area contributed by atoms with Gasteiger partial charge in [-0.1, -0.05) is 48.7 Å². The van der Waals surface area contributed by atoms with Gasteiger partial charge < -0.3 is 4.74 Å². The van der Waals surface area contributed by atoms with Crippen molar-refractivity contribution in [2.24, 2.45) is 5.10 Å². The molecule has 9 heteroatoms. The quantitative estimate of drug-likeness (QED) is 0.217. The van der Waals surface area contributed by atoms with Crippen molar-refractivity contribution < 1.29 is 17.9 Å². The lowest BCUT2D eigenvalue weighted by Gasteiger charge is -2.24. The molecule has 3 aromatic carbocycles. The number of hydrogen-bond acceptors (Lipinski definition) is 5. The first kappa shape index (κ1) is 26.2. The molecule has 0 aliphatic carbocycles. The predicted octanol–water partition coefficient (Wildman–Crippen LogP) is 5.17. The highest BCUT2D eigenvalue weighted by atomic mass is 35.5. The predicted molar refractivity (Wildman–Crippen MR) is 140 cm³/mol. The van der Waals surface area contributed by atoms with Gasteiger partial charge in [-0.25, -0.2) is 13.8 Å². The van der Waals surface area contributed by atoms with E-state index in [1.165, 1.54) is 24.4 Å². The molecule has 0 radical (unpaired) electrons. The molecule has 0 saturated heterocycles. The molecule has 35 heavy (non-hydrogen) atoms. The van der Waals surface area contributed by atoms with Gasteiger partial charge >= 0.3 is 0 Å². The van der Waals surface area contributed by atoms with Crippen LogP contribution in [0.3, 0.4) is 0 Å². The second kappa shape index (κ2) is 12.4. The first-order valence-electron chi connectivity index (χ1n) is 11.2. The molecule has 0 atom stereocenters. The number of unbranched alkanes of at least 4 members (excludes halogenated alkanes) is 1. The Bertz CT molecular complexity index is 1260. The summed E-state index contributed by atoms with van der Waals surface area (Å²) in [5.41, 5.74) is 4.35. The topological polar surface area (TPSA) is 88.1 Å². The highest BCUT2D eigenvalue weighted by molar-refractivity contribution is 7.92. The molecular weight excluding hydrogens is 486 g/mol. The van der Waals surface area contributed by atoms with Crippen molar-refractivity contribution in [3.8, 4) is 5.75 Å². The standard InChI is InChI=1S/C26H28ClN3O4S/c1-3-4-16-34-24-12-10-21(11-13-24)18-28-29-26(31)19-30(23-7-5-6-22(27)17-23)35(32,33)25-14-8-20(2)9-15-25/h5-15,17-18H,3-4,16,19H2,1-2H3,(H,29,31)/b28-18-. The summed E-state index contributed by atoms with van der Waals surface area (Å²) in [6.45, 7) is 4.15. The van der Waals surface area contributed by atoms with Crippen LogP contribution < -0.4 is 14.5 Å². The number of hydrazone groups is 1. The van der Waals surface area contributed by atoms with E-state index in [4.69, 9.17) is 16.3 Å². The summed E-state index contributed by atoms with van der Waals surface area (Å²) in [6, 6.07) is 20.0. The number of sulfonamides is 1. The Balaban J connectivity index is 1.72. The molecule has 1 N–H and O–H groups in total. The third kappa shape index (κ3) is 7.56. The number of aryl methyl sites for hydroxylation is 1. The number of ether oxygens (including phenoxy) is 1. The number of halogens is 1. The van der Waals surface area contributed by atoms with E-state index < -0.39 is 22.5 Å². The van der Waals surface area contributed by atoms with Gasteiger partial charge in [-0.2, -0.15) is 5.10 Å². The molecule has 1 amide bonds. The monoisotopic (exact) mass is 513 g/mol. The lowest BCUT2D eigenvalue weighted by molar-refractivity contribution is -0.119. The molecule has 7 nitrogen and oxygen atoms in total. The lowest BCUT2D eigenvalue weighted by atomic mass is 10.2. The van der Waals surface area contributed by atoms with Gasteiger partial charge in [0.05, 0.1) is 23.4 Å². The third-order valence-corrected chi connectivity index (χ3v) is 7.07. The van der Waals surface area contributed by atoms with Gasteiger partial charge in [0.2, 0.25) is 0 Å². The number of benzene rings is 3. The van der Waals surface area contributed by atoms with Crippen LogP contribution in [0.5, 0.6) is 5.75 Å². The minimum atomic E-state index is -4.03. The summed E-state index contributed by atoms with van der Waals surface area (Å²) >= 11 is 6.09. The number of amides is 1. The molecule has 184 valence electrons. The van der Waals surface area contributed by atoms with Crippen molar-refractivity contribution in [3.63, 3.8) is 0 Å². The van der Waals surface area contributed by atoms with Gasteiger partial charge in [-0.15, -0.1) is 0 Å². The van der Waals surface area contributed by atoms with Gasteiger partial charge in [0.1, 0.15) is 12.3 Å². The smallest absolute Gasteiger partial charge is 0.264 e. The van der Waals surface area contributed by atoms with E-state index in [-0.39, 0.29) is 10.6 Å². The normalized spacial score (nSPS) is 11.4. The van der Waals surface area contributed by atoms with Crippen molar-refractivity contribution in [2.45, 2.75) is 31.6 Å². The molecular formula is C26H28ClN3O4S. The maximum atomic E-state index is 13.4. The third-order valence-electron chi connectivity index (χ3n) is 5.04. The van der Waals surface area contributed by atoms with Crippen molar-refractivity contribution >= 4 is 39.4 Å². The zero-order valence-corrected chi connectivity index (χ0v) is 21.2. The van der Waals surface area contributed by atoms with E-state index in [9.17, 15) is 13.2 Å². The molecule has 0 bridgehead atoms. The molecule has 0 aliphatic heterocycles. The van der Waals surface area contributed by atoms with Crippen LogP contribution in [0.1, 0.15) is 30.9 Å². The fourth-order valence-corrected chi connectivity index (χ4v) is 4.71. The van der Waals surface area contributed by atoms with Gasteiger partial charge in [0, 0.05) is 5.02 Å². The average molecular weight is 514 g/mol. The Kier molecular flexibility index (Phi) is 9.28. The number of rotatable bonds is 11. The van der Waals surface area contributed by atoms with E-state index >= 15 is 0 Å². The Morgan fingerprint density at radius 3 is 2.46 bits per heavy atom. The summed E-state index contributed by atoms with van der Waals surface area (Å²) in [7, 11) is -4.03. The number of carbonyl (C=O) groups excluding carboxylic acids is 1. The molecule has 0 aromatic heterocycles. The van der Waals surface area contributed by atoms with Crippen molar-refractivity contribution in [2.75, 3.05) is 17.5 Å². The van der Waals surface area contributed by atoms with Crippen LogP contribution in [0.15, 0.2) is 82.8 Å². The van der Waals surface area contributed by atoms with Gasteiger partial charge in [-0.3, -0.25) is 9.10 Å². The number of nitrogens with one attached hydrogen (secondary N) is 1. The number of anilines is 1. The van der Waals surface area contributed by atoms with E-state index in [2.05, 4.69) is 17.5 Å². The van der Waals surface area contributed by atoms with Crippen LogP contribution in [0, 0.1) is 6.92 Å². The highest BCUT2D eigenvalue weighted by Crippen LogP contribution is 2.26. The van der Waals surface area contributed by atoms with E-state index in [1.54, 1.807) is 30.3 Å². The van der Waals surface area contributed by atoms with Crippen molar-refractivity contribution in [1.29, 1.82) is 0 Å². The van der Waals surface area contributed by atoms with E-state index in [0.29, 0.717) is 11.6 Å². The Hall–Kier alpha value is -3.36. The van der Waals surface area contributed by atoms with Crippen LogP contribution in [-0.2, 0) is 14.8 Å². The zero-order chi connectivity index (χ0) is 25.3. The Labute approximate surface area is 211 Å². The van der Waals surface area contributed by atoms with Crippen LogP contribution >= 0.6 is 11.6 Å². The average Bonchev–Trinajstić information content (AvgIpc) is 2.84. The lowest BCUT2D eigenvalue weighted by Crippen LogP contribution is -2.39. The molecule has 0 heterocycles. The molecule has 0 aliphatic rings. The summed E-state index contributed by atoms with van der Waals surface area (Å²) in [5, 5.41) is 4.32. The first-order valence-corrected chi connectivity index (χ1v) is 13.0. The molecule has 3 aromatic rings. The molecule has 0 fully saturated rings. The van der Waals surface area contributed by atoms with Gasteiger partial charge in [0.15, 0.2) is 0 Å². The highest BCUT2D eigenvalue weighted by Gasteiger charge is 2.27. The summed E-state index contributed by atoms with van der Waals surface area (Å²) in [5.74, 6) is 0.162. The number of nitrogens with zero attached hydrogens (tertiary/aromatic N) is 2. The Morgan fingerprint density at radius 2 is 1.80 bits per heavy atom. The van der Waals surface area contributed by atoms with E-state index in [1.807, 2.05) is 31.2 Å². The maximum Gasteiger partial charge on any atom is 0.264 e. The second-order valence-electron chi connectivity index (χ2n) is 7.87. The number of hydrogen-bond donors (Lipinski definition) is 1. The van der Waals surface area contributed by atoms with Crippen LogP contribution in [0.25, 0.3) is 0 Å². The minimum Gasteiger partial charge on any atom is -0.494 e. The molecule has 0 saturated carbocycles. The zero-order valence-electron chi connectivity index (χ0n) is 19.6. The first-order chi connectivity index (χ1) is 16.8. The maximum absolute atomic E-state index is 13.4. The molecule has 3 rings (SSSR count). The van der Waals surface area contributed by atoms with Crippen LogP contribution in [0.4, 0.5) is 5.69 Å². The van der Waals surface area contributed by atoms with E-state index in [0.717, 1.165) is 34.0 Å². The van der Waals surface area contributed by atoms with Crippen molar-refractivity contribution in [3.05, 3.63) is 88.9 Å². The summed E-state index contributed by atoms with van der Waals surface area (Å²) in [6.07, 6.45) is 3.53. The van der Waals surface area contributed by atoms with Crippen LogP contribution in [-0.4, -0.2) is 33.7 Å². The van der Waals surface area contributed by atoms with Gasteiger partial charge in [-0.05, 0) is 73.5 Å². The second-order valence-corrected chi connectivity index (χ2v) is 10.2. The van der Waals surface area contributed by atoms with Crippen molar-refractivity contribution in [1.82, 2.24) is 5.43 Å². The summed E-state index contributed by atoms with van der Waals surface area (Å²) in [4.78, 5) is 12.7. The summed E-state index contributed by atoms with van der Waals surface area (Å²) < 4.78 is 33.4. The fourth-order valence-electron chi connectivity index (χ4n) is 3.11.